The number of hydrogen-bond donors (Lipinski definition) is 0. The summed E-state index contributed by atoms with van der Waals surface area (Å²) in [5, 5.41) is 3.74. The van der Waals surface area contributed by atoms with Crippen LogP contribution in [0.5, 0.6) is 5.75 Å². The fourth-order valence-electron chi connectivity index (χ4n) is 4.27. The van der Waals surface area contributed by atoms with E-state index in [1.165, 1.54) is 19.3 Å². The molecule has 4 heterocycles. The molecule has 1 amide bonds. The van der Waals surface area contributed by atoms with Crippen LogP contribution >= 0.6 is 23.4 Å². The predicted molar refractivity (Wildman–Crippen MR) is 114 cm³/mol. The van der Waals surface area contributed by atoms with Gasteiger partial charge in [0, 0.05) is 35.6 Å². The Balaban J connectivity index is 1.45. The van der Waals surface area contributed by atoms with Gasteiger partial charge >= 0.3 is 0 Å². The summed E-state index contributed by atoms with van der Waals surface area (Å²) >= 11 is 8.11. The second-order valence-corrected chi connectivity index (χ2v) is 8.75. The number of fused-ring (bicyclic) bond motifs is 2. The van der Waals surface area contributed by atoms with Crippen molar-refractivity contribution in [3.05, 3.63) is 28.1 Å². The van der Waals surface area contributed by atoms with Gasteiger partial charge in [-0.25, -0.2) is 0 Å². The number of carbonyl (C=O) groups excluding carboxylic acids is 1. The predicted octanol–water partition coefficient (Wildman–Crippen LogP) is 3.27. The molecule has 0 unspecified atom stereocenters. The molecule has 6 nitrogen and oxygen atoms in total. The number of halogens is 1. The molecule has 0 aliphatic carbocycles. The van der Waals surface area contributed by atoms with E-state index in [0.717, 1.165) is 60.6 Å². The van der Waals surface area contributed by atoms with E-state index >= 15 is 0 Å². The third kappa shape index (κ3) is 3.29. The third-order valence-corrected chi connectivity index (χ3v) is 6.82. The summed E-state index contributed by atoms with van der Waals surface area (Å²) < 4.78 is 5.92. The first kappa shape index (κ1) is 18.3. The summed E-state index contributed by atoms with van der Waals surface area (Å²) in [6, 6.07) is 3.79. The number of amidine groups is 1. The van der Waals surface area contributed by atoms with E-state index in [-0.39, 0.29) is 12.5 Å². The number of ether oxygens (including phenoxy) is 1. The van der Waals surface area contributed by atoms with Crippen molar-refractivity contribution < 1.29 is 9.53 Å². The summed E-state index contributed by atoms with van der Waals surface area (Å²) in [4.78, 5) is 23.7. The van der Waals surface area contributed by atoms with E-state index in [1.807, 2.05) is 17.0 Å². The second-order valence-electron chi connectivity index (χ2n) is 7.47. The maximum Gasteiger partial charge on any atom is 0.265 e. The van der Waals surface area contributed by atoms with Crippen LogP contribution in [-0.2, 0) is 4.79 Å². The van der Waals surface area contributed by atoms with Crippen LogP contribution in [0.25, 0.3) is 5.70 Å². The monoisotopic (exact) mass is 418 g/mol. The number of rotatable bonds is 4. The largest absolute Gasteiger partial charge is 0.481 e. The number of hydrogen-bond acceptors (Lipinski definition) is 6. The Kier molecular flexibility index (Phi) is 4.99. The molecule has 8 heteroatoms. The van der Waals surface area contributed by atoms with Gasteiger partial charge in [-0.2, -0.15) is 0 Å². The van der Waals surface area contributed by atoms with Crippen LogP contribution in [0, 0.1) is 0 Å². The molecule has 1 fully saturated rings. The van der Waals surface area contributed by atoms with Gasteiger partial charge in [-0.1, -0.05) is 29.8 Å². The lowest BCUT2D eigenvalue weighted by atomic mass is 10.1. The van der Waals surface area contributed by atoms with Crippen LogP contribution in [0.2, 0.25) is 5.02 Å². The third-order valence-electron chi connectivity index (χ3n) is 5.70. The molecule has 0 spiro atoms. The number of amides is 1. The molecule has 5 rings (SSSR count). The Bertz CT molecular complexity index is 866. The number of nitrogens with zero attached hydrogens (tertiary/aromatic N) is 4. The van der Waals surface area contributed by atoms with Crippen LogP contribution in [0.4, 0.5) is 5.69 Å². The smallest absolute Gasteiger partial charge is 0.265 e. The lowest BCUT2D eigenvalue weighted by Gasteiger charge is -2.34. The first-order chi connectivity index (χ1) is 13.7. The SMILES string of the molecule is O=C1COc2c(C3=CSC4=NCCN34)cc(Cl)cc2N1CCN1CCCCC1. The highest BCUT2D eigenvalue weighted by atomic mass is 35.5. The van der Waals surface area contributed by atoms with Crippen LogP contribution in [0.3, 0.4) is 0 Å². The first-order valence-electron chi connectivity index (χ1n) is 9.89. The minimum atomic E-state index is -0.00377. The second kappa shape index (κ2) is 7.61. The van der Waals surface area contributed by atoms with E-state index < -0.39 is 0 Å². The van der Waals surface area contributed by atoms with Crippen molar-refractivity contribution in [2.24, 2.45) is 4.99 Å². The molecule has 0 aromatic heterocycles. The molecule has 4 aliphatic heterocycles. The standard InChI is InChI=1S/C20H23ClN4O2S/c21-14-10-15(17-13-28-20-22-4-7-25(17)20)19-16(11-14)24(18(26)12-27-19)9-8-23-5-2-1-3-6-23/h10-11,13H,1-9,12H2. The van der Waals surface area contributed by atoms with Crippen molar-refractivity contribution in [1.29, 1.82) is 0 Å². The zero-order chi connectivity index (χ0) is 19.1. The van der Waals surface area contributed by atoms with Gasteiger partial charge in [0.2, 0.25) is 0 Å². The Morgan fingerprint density at radius 3 is 2.86 bits per heavy atom. The molecule has 4 aliphatic rings. The average molecular weight is 419 g/mol. The Morgan fingerprint density at radius 1 is 1.14 bits per heavy atom. The van der Waals surface area contributed by atoms with Crippen LogP contribution in [-0.4, -0.2) is 66.8 Å². The summed E-state index contributed by atoms with van der Waals surface area (Å²) in [6.45, 7) is 5.54. The van der Waals surface area contributed by atoms with E-state index in [1.54, 1.807) is 11.8 Å². The lowest BCUT2D eigenvalue weighted by molar-refractivity contribution is -0.121. The zero-order valence-corrected chi connectivity index (χ0v) is 17.3. The molecule has 0 radical (unpaired) electrons. The first-order valence-corrected chi connectivity index (χ1v) is 11.1. The van der Waals surface area contributed by atoms with Crippen molar-refractivity contribution in [3.63, 3.8) is 0 Å². The molecule has 0 N–H and O–H groups in total. The number of carbonyl (C=O) groups is 1. The van der Waals surface area contributed by atoms with E-state index in [0.29, 0.717) is 11.6 Å². The number of aliphatic imine (C=N–C) groups is 1. The Morgan fingerprint density at radius 2 is 2.00 bits per heavy atom. The van der Waals surface area contributed by atoms with Crippen LogP contribution < -0.4 is 9.64 Å². The van der Waals surface area contributed by atoms with Crippen molar-refractivity contribution in [2.75, 3.05) is 50.8 Å². The highest BCUT2D eigenvalue weighted by molar-refractivity contribution is 8.16. The van der Waals surface area contributed by atoms with Crippen LogP contribution in [0.1, 0.15) is 24.8 Å². The van der Waals surface area contributed by atoms with E-state index in [4.69, 9.17) is 16.3 Å². The van der Waals surface area contributed by atoms with E-state index in [2.05, 4.69) is 20.2 Å². The number of likely N-dealkylation sites (tertiary alicyclic amines) is 1. The van der Waals surface area contributed by atoms with Gasteiger partial charge in [0.15, 0.2) is 17.5 Å². The molecule has 0 saturated carbocycles. The van der Waals surface area contributed by atoms with Crippen molar-refractivity contribution in [2.45, 2.75) is 19.3 Å². The maximum absolute atomic E-state index is 12.6. The zero-order valence-electron chi connectivity index (χ0n) is 15.7. The molecule has 0 bridgehead atoms. The molecular weight excluding hydrogens is 396 g/mol. The Labute approximate surface area is 174 Å². The fourth-order valence-corrected chi connectivity index (χ4v) is 5.44. The summed E-state index contributed by atoms with van der Waals surface area (Å²) in [6.07, 6.45) is 3.80. The number of piperidine rings is 1. The topological polar surface area (TPSA) is 48.4 Å². The minimum Gasteiger partial charge on any atom is -0.481 e. The summed E-state index contributed by atoms with van der Waals surface area (Å²) in [5.41, 5.74) is 2.79. The van der Waals surface area contributed by atoms with Gasteiger partial charge in [-0.05, 0) is 38.1 Å². The molecule has 1 aromatic carbocycles. The highest BCUT2D eigenvalue weighted by Crippen LogP contribution is 2.45. The Hall–Kier alpha value is -1.70. The normalized spacial score (nSPS) is 22.0. The molecular formula is C20H23ClN4O2S. The number of benzene rings is 1. The fraction of sp³-hybridized carbons (Fsp3) is 0.500. The lowest BCUT2D eigenvalue weighted by Crippen LogP contribution is -2.44. The van der Waals surface area contributed by atoms with Crippen molar-refractivity contribution in [1.82, 2.24) is 9.80 Å². The van der Waals surface area contributed by atoms with Gasteiger partial charge in [0.05, 0.1) is 17.9 Å². The van der Waals surface area contributed by atoms with Gasteiger partial charge in [-0.3, -0.25) is 9.79 Å². The molecule has 28 heavy (non-hydrogen) atoms. The van der Waals surface area contributed by atoms with Gasteiger partial charge < -0.3 is 19.4 Å². The van der Waals surface area contributed by atoms with Crippen molar-refractivity contribution in [3.8, 4) is 5.75 Å². The average Bonchev–Trinajstić information content (AvgIpc) is 3.31. The quantitative estimate of drug-likeness (QED) is 0.751. The molecule has 0 atom stereocenters. The van der Waals surface area contributed by atoms with Gasteiger partial charge in [-0.15, -0.1) is 0 Å². The van der Waals surface area contributed by atoms with Gasteiger partial charge in [0.1, 0.15) is 0 Å². The highest BCUT2D eigenvalue weighted by Gasteiger charge is 2.34. The number of thioether (sulfide) groups is 1. The minimum absolute atomic E-state index is 0.00377. The number of anilines is 1. The molecule has 148 valence electrons. The van der Waals surface area contributed by atoms with Crippen molar-refractivity contribution >= 4 is 45.8 Å². The molecule has 1 aromatic rings. The maximum atomic E-state index is 12.6. The molecule has 1 saturated heterocycles. The van der Waals surface area contributed by atoms with Crippen LogP contribution in [0.15, 0.2) is 22.5 Å². The summed E-state index contributed by atoms with van der Waals surface area (Å²) in [5.74, 6) is 0.749. The summed E-state index contributed by atoms with van der Waals surface area (Å²) in [7, 11) is 0. The van der Waals surface area contributed by atoms with Gasteiger partial charge in [0.25, 0.3) is 5.91 Å². The van der Waals surface area contributed by atoms with E-state index in [9.17, 15) is 4.79 Å².